The molecule has 29 heavy (non-hydrogen) atoms. The standard InChI is InChI=1S/C26H25N3/c1-19-11-13-20(14-12-19)26-17-22(28-29(26)23-7-3-2-4-8-23)16-15-21-18-27-25-10-6-5-9-24(21)25/h2-14,18,26-27H,15-17H2,1H3/t26-/m0/s1. The summed E-state index contributed by atoms with van der Waals surface area (Å²) in [6.45, 7) is 2.14. The molecule has 2 heterocycles. The minimum Gasteiger partial charge on any atom is -0.361 e. The van der Waals surface area contributed by atoms with Crippen LogP contribution in [-0.2, 0) is 6.42 Å². The van der Waals surface area contributed by atoms with Gasteiger partial charge in [0.25, 0.3) is 0 Å². The number of hydrazone groups is 1. The number of anilines is 1. The number of fused-ring (bicyclic) bond motifs is 1. The maximum absolute atomic E-state index is 5.06. The van der Waals surface area contributed by atoms with Gasteiger partial charge in [0.1, 0.15) is 0 Å². The van der Waals surface area contributed by atoms with Gasteiger partial charge >= 0.3 is 0 Å². The SMILES string of the molecule is Cc1ccc([C@@H]2CC(CCc3c[nH]c4ccccc34)=NN2c2ccccc2)cc1. The molecule has 3 nitrogen and oxygen atoms in total. The fourth-order valence-electron chi connectivity index (χ4n) is 4.21. The van der Waals surface area contributed by atoms with Gasteiger partial charge in [0.05, 0.1) is 11.7 Å². The summed E-state index contributed by atoms with van der Waals surface area (Å²) in [5, 5.41) is 8.58. The van der Waals surface area contributed by atoms with E-state index in [-0.39, 0.29) is 6.04 Å². The van der Waals surface area contributed by atoms with E-state index in [9.17, 15) is 0 Å². The van der Waals surface area contributed by atoms with E-state index in [1.165, 1.54) is 33.3 Å². The molecule has 3 heteroatoms. The van der Waals surface area contributed by atoms with E-state index in [4.69, 9.17) is 5.10 Å². The van der Waals surface area contributed by atoms with Crippen LogP contribution >= 0.6 is 0 Å². The first-order valence-corrected chi connectivity index (χ1v) is 10.3. The Morgan fingerprint density at radius 1 is 0.897 bits per heavy atom. The molecule has 5 rings (SSSR count). The molecule has 3 aromatic carbocycles. The Bertz CT molecular complexity index is 1140. The van der Waals surface area contributed by atoms with Crippen LogP contribution in [0.15, 0.2) is 90.2 Å². The zero-order valence-electron chi connectivity index (χ0n) is 16.7. The van der Waals surface area contributed by atoms with Gasteiger partial charge in [0.2, 0.25) is 0 Å². The van der Waals surface area contributed by atoms with Crippen molar-refractivity contribution in [2.45, 2.75) is 32.2 Å². The van der Waals surface area contributed by atoms with Crippen molar-refractivity contribution in [3.05, 3.63) is 102 Å². The van der Waals surface area contributed by atoms with Crippen LogP contribution < -0.4 is 5.01 Å². The summed E-state index contributed by atoms with van der Waals surface area (Å²) in [5.74, 6) is 0. The van der Waals surface area contributed by atoms with E-state index in [1.807, 2.05) is 0 Å². The highest BCUT2D eigenvalue weighted by molar-refractivity contribution is 5.90. The molecule has 0 radical (unpaired) electrons. The van der Waals surface area contributed by atoms with Crippen LogP contribution in [0.1, 0.15) is 35.6 Å². The summed E-state index contributed by atoms with van der Waals surface area (Å²) >= 11 is 0. The lowest BCUT2D eigenvalue weighted by Crippen LogP contribution is -2.18. The highest BCUT2D eigenvalue weighted by atomic mass is 15.5. The Hall–Kier alpha value is -3.33. The number of aromatic nitrogens is 1. The smallest absolute Gasteiger partial charge is 0.0828 e. The molecule has 1 N–H and O–H groups in total. The van der Waals surface area contributed by atoms with Crippen LogP contribution in [0.3, 0.4) is 0 Å². The normalized spacial score (nSPS) is 16.4. The fraction of sp³-hybridized carbons (Fsp3) is 0.192. The van der Waals surface area contributed by atoms with E-state index in [0.717, 1.165) is 24.9 Å². The molecule has 0 saturated heterocycles. The molecule has 144 valence electrons. The summed E-state index contributed by atoms with van der Waals surface area (Å²) in [7, 11) is 0. The Labute approximate surface area is 171 Å². The van der Waals surface area contributed by atoms with Gasteiger partial charge in [-0.3, -0.25) is 5.01 Å². The van der Waals surface area contributed by atoms with Crippen LogP contribution in [-0.4, -0.2) is 10.7 Å². The van der Waals surface area contributed by atoms with E-state index < -0.39 is 0 Å². The minimum absolute atomic E-state index is 0.260. The van der Waals surface area contributed by atoms with E-state index in [1.54, 1.807) is 0 Å². The summed E-state index contributed by atoms with van der Waals surface area (Å²) in [4.78, 5) is 3.39. The number of benzene rings is 3. The monoisotopic (exact) mass is 379 g/mol. The average Bonchev–Trinajstić information content (AvgIpc) is 3.38. The first-order valence-electron chi connectivity index (χ1n) is 10.3. The molecule has 0 spiro atoms. The first-order chi connectivity index (χ1) is 14.3. The summed E-state index contributed by atoms with van der Waals surface area (Å²) in [5.41, 5.74) is 7.61. The molecule has 1 aliphatic rings. The van der Waals surface area contributed by atoms with E-state index in [0.29, 0.717) is 0 Å². The van der Waals surface area contributed by atoms with Gasteiger partial charge in [-0.1, -0.05) is 66.2 Å². The number of aromatic amines is 1. The molecule has 4 aromatic rings. The molecule has 0 aliphatic carbocycles. The van der Waals surface area contributed by atoms with Gasteiger partial charge in [0, 0.05) is 29.2 Å². The van der Waals surface area contributed by atoms with Crippen molar-refractivity contribution >= 4 is 22.3 Å². The molecular weight excluding hydrogens is 354 g/mol. The molecule has 1 aliphatic heterocycles. The van der Waals surface area contributed by atoms with Crippen LogP contribution in [0.5, 0.6) is 0 Å². The highest BCUT2D eigenvalue weighted by Crippen LogP contribution is 2.36. The quantitative estimate of drug-likeness (QED) is 0.426. The van der Waals surface area contributed by atoms with Gasteiger partial charge in [-0.2, -0.15) is 5.10 Å². The number of rotatable bonds is 5. The second-order valence-corrected chi connectivity index (χ2v) is 7.84. The van der Waals surface area contributed by atoms with Gasteiger partial charge in [-0.05, 0) is 49.1 Å². The Kier molecular flexibility index (Phi) is 4.65. The first kappa shape index (κ1) is 17.7. The molecule has 1 atom stereocenters. The van der Waals surface area contributed by atoms with Crippen molar-refractivity contribution in [2.24, 2.45) is 5.10 Å². The van der Waals surface area contributed by atoms with Gasteiger partial charge in [-0.25, -0.2) is 0 Å². The maximum Gasteiger partial charge on any atom is 0.0828 e. The van der Waals surface area contributed by atoms with Gasteiger partial charge < -0.3 is 4.98 Å². The molecular formula is C26H25N3. The molecule has 0 unspecified atom stereocenters. The average molecular weight is 380 g/mol. The summed E-state index contributed by atoms with van der Waals surface area (Å²) < 4.78 is 0. The second kappa shape index (κ2) is 7.59. The summed E-state index contributed by atoms with van der Waals surface area (Å²) in [6.07, 6.45) is 5.10. The highest BCUT2D eigenvalue weighted by Gasteiger charge is 2.28. The third kappa shape index (κ3) is 3.56. The topological polar surface area (TPSA) is 31.4 Å². The maximum atomic E-state index is 5.06. The zero-order valence-corrected chi connectivity index (χ0v) is 16.7. The lowest BCUT2D eigenvalue weighted by Gasteiger charge is -2.24. The fourth-order valence-corrected chi connectivity index (χ4v) is 4.21. The van der Waals surface area contributed by atoms with Gasteiger partial charge in [0.15, 0.2) is 0 Å². The zero-order chi connectivity index (χ0) is 19.6. The van der Waals surface area contributed by atoms with Crippen LogP contribution in [0.2, 0.25) is 0 Å². The van der Waals surface area contributed by atoms with Crippen LogP contribution in [0, 0.1) is 6.92 Å². The Morgan fingerprint density at radius 2 is 1.66 bits per heavy atom. The van der Waals surface area contributed by atoms with E-state index >= 15 is 0 Å². The lowest BCUT2D eigenvalue weighted by molar-refractivity contribution is 0.707. The second-order valence-electron chi connectivity index (χ2n) is 7.84. The van der Waals surface area contributed by atoms with Crippen molar-refractivity contribution in [2.75, 3.05) is 5.01 Å². The minimum atomic E-state index is 0.260. The predicted molar refractivity (Wildman–Crippen MR) is 122 cm³/mol. The third-order valence-electron chi connectivity index (χ3n) is 5.81. The number of para-hydroxylation sites is 2. The Morgan fingerprint density at radius 3 is 2.48 bits per heavy atom. The van der Waals surface area contributed by atoms with E-state index in [2.05, 4.69) is 102 Å². The number of hydrogen-bond acceptors (Lipinski definition) is 2. The molecule has 0 amide bonds. The molecule has 0 saturated carbocycles. The van der Waals surface area contributed by atoms with Crippen molar-refractivity contribution < 1.29 is 0 Å². The molecule has 1 aromatic heterocycles. The van der Waals surface area contributed by atoms with Crippen molar-refractivity contribution in [3.63, 3.8) is 0 Å². The largest absolute Gasteiger partial charge is 0.361 e. The van der Waals surface area contributed by atoms with Crippen LogP contribution in [0.25, 0.3) is 10.9 Å². The molecule has 0 bridgehead atoms. The number of hydrogen-bond donors (Lipinski definition) is 1. The lowest BCUT2D eigenvalue weighted by atomic mass is 9.97. The predicted octanol–water partition coefficient (Wildman–Crippen LogP) is 6.42. The number of nitrogens with zero attached hydrogens (tertiary/aromatic N) is 2. The van der Waals surface area contributed by atoms with Crippen molar-refractivity contribution in [1.82, 2.24) is 4.98 Å². The number of H-pyrrole nitrogens is 1. The van der Waals surface area contributed by atoms with Crippen molar-refractivity contribution in [3.8, 4) is 0 Å². The summed E-state index contributed by atoms with van der Waals surface area (Å²) in [6, 6.07) is 28.2. The number of nitrogens with one attached hydrogen (secondary N) is 1. The van der Waals surface area contributed by atoms with Crippen molar-refractivity contribution in [1.29, 1.82) is 0 Å². The third-order valence-corrected chi connectivity index (χ3v) is 5.81. The van der Waals surface area contributed by atoms with Crippen LogP contribution in [0.4, 0.5) is 5.69 Å². The van der Waals surface area contributed by atoms with Gasteiger partial charge in [-0.15, -0.1) is 0 Å². The Balaban J connectivity index is 1.40. The molecule has 0 fully saturated rings. The number of aryl methyl sites for hydroxylation is 2.